The molecule has 0 saturated heterocycles. The van der Waals surface area contributed by atoms with Crippen molar-refractivity contribution in [1.82, 2.24) is 20.4 Å². The standard InChI is InChI=1S/C14H18ClN5.HI/c1-16-14(17-8-10-20-9-2-7-19-20)18-11-12-3-5-13(15)6-4-12;/h2-7,9H,8,10-11H2,1H3,(H2,16,17,18);1H. The van der Waals surface area contributed by atoms with Crippen molar-refractivity contribution in [2.45, 2.75) is 13.1 Å². The van der Waals surface area contributed by atoms with Crippen LogP contribution in [-0.2, 0) is 13.1 Å². The number of hydrogen-bond donors (Lipinski definition) is 2. The van der Waals surface area contributed by atoms with E-state index in [4.69, 9.17) is 11.6 Å². The van der Waals surface area contributed by atoms with Crippen LogP contribution in [-0.4, -0.2) is 29.3 Å². The van der Waals surface area contributed by atoms with Gasteiger partial charge in [-0.2, -0.15) is 5.10 Å². The molecule has 2 aromatic rings. The minimum absolute atomic E-state index is 0. The summed E-state index contributed by atoms with van der Waals surface area (Å²) in [5.41, 5.74) is 1.16. The Labute approximate surface area is 146 Å². The first-order valence-corrected chi connectivity index (χ1v) is 6.82. The van der Waals surface area contributed by atoms with Gasteiger partial charge in [-0.05, 0) is 23.8 Å². The van der Waals surface area contributed by atoms with Gasteiger partial charge in [0.2, 0.25) is 0 Å². The van der Waals surface area contributed by atoms with Crippen LogP contribution >= 0.6 is 35.6 Å². The molecule has 7 heteroatoms. The maximum absolute atomic E-state index is 5.85. The first kappa shape index (κ1) is 17.8. The number of aromatic nitrogens is 2. The number of rotatable bonds is 5. The average molecular weight is 420 g/mol. The van der Waals surface area contributed by atoms with Gasteiger partial charge in [-0.3, -0.25) is 9.67 Å². The van der Waals surface area contributed by atoms with Crippen molar-refractivity contribution in [2.75, 3.05) is 13.6 Å². The van der Waals surface area contributed by atoms with E-state index in [2.05, 4.69) is 20.7 Å². The second kappa shape index (κ2) is 9.62. The van der Waals surface area contributed by atoms with Gasteiger partial charge in [0, 0.05) is 37.6 Å². The van der Waals surface area contributed by atoms with E-state index in [1.807, 2.05) is 41.2 Å². The molecule has 0 unspecified atom stereocenters. The van der Waals surface area contributed by atoms with Crippen LogP contribution < -0.4 is 10.6 Å². The highest BCUT2D eigenvalue weighted by Gasteiger charge is 1.98. The first-order chi connectivity index (χ1) is 9.78. The van der Waals surface area contributed by atoms with Gasteiger partial charge in [0.25, 0.3) is 0 Å². The molecule has 1 heterocycles. The summed E-state index contributed by atoms with van der Waals surface area (Å²) in [5, 5.41) is 11.4. The van der Waals surface area contributed by atoms with E-state index in [1.54, 1.807) is 13.2 Å². The lowest BCUT2D eigenvalue weighted by Crippen LogP contribution is -2.38. The lowest BCUT2D eigenvalue weighted by atomic mass is 10.2. The summed E-state index contributed by atoms with van der Waals surface area (Å²) in [5.74, 6) is 0.770. The van der Waals surface area contributed by atoms with Crippen molar-refractivity contribution in [3.63, 3.8) is 0 Å². The van der Waals surface area contributed by atoms with Crippen LogP contribution in [0.4, 0.5) is 0 Å². The normalized spacial score (nSPS) is 10.9. The van der Waals surface area contributed by atoms with Crippen LogP contribution in [0.25, 0.3) is 0 Å². The molecule has 0 saturated carbocycles. The molecule has 0 radical (unpaired) electrons. The Kier molecular flexibility index (Phi) is 8.14. The third-order valence-corrected chi connectivity index (χ3v) is 3.04. The molecule has 0 spiro atoms. The van der Waals surface area contributed by atoms with Gasteiger partial charge in [0.1, 0.15) is 0 Å². The number of benzene rings is 1. The lowest BCUT2D eigenvalue weighted by Gasteiger charge is -2.12. The van der Waals surface area contributed by atoms with Crippen molar-refractivity contribution >= 4 is 41.5 Å². The summed E-state index contributed by atoms with van der Waals surface area (Å²) in [6.45, 7) is 2.27. The van der Waals surface area contributed by atoms with Crippen LogP contribution in [0.2, 0.25) is 5.02 Å². The Hall–Kier alpha value is -1.28. The van der Waals surface area contributed by atoms with Gasteiger partial charge in [-0.15, -0.1) is 24.0 Å². The van der Waals surface area contributed by atoms with Crippen LogP contribution in [0.15, 0.2) is 47.7 Å². The summed E-state index contributed by atoms with van der Waals surface area (Å²) < 4.78 is 1.87. The largest absolute Gasteiger partial charge is 0.355 e. The SMILES string of the molecule is CN=C(NCCn1cccn1)NCc1ccc(Cl)cc1.I. The van der Waals surface area contributed by atoms with Crippen molar-refractivity contribution in [1.29, 1.82) is 0 Å². The zero-order valence-corrected chi connectivity index (χ0v) is 14.9. The van der Waals surface area contributed by atoms with Crippen LogP contribution in [0, 0.1) is 0 Å². The van der Waals surface area contributed by atoms with E-state index >= 15 is 0 Å². The molecule has 0 amide bonds. The molecular formula is C14H19ClIN5. The molecule has 1 aromatic heterocycles. The maximum Gasteiger partial charge on any atom is 0.191 e. The van der Waals surface area contributed by atoms with Crippen molar-refractivity contribution < 1.29 is 0 Å². The third-order valence-electron chi connectivity index (χ3n) is 2.79. The highest BCUT2D eigenvalue weighted by Crippen LogP contribution is 2.08. The lowest BCUT2D eigenvalue weighted by molar-refractivity contribution is 0.597. The number of guanidine groups is 1. The summed E-state index contributed by atoms with van der Waals surface area (Å²) in [6.07, 6.45) is 3.71. The molecule has 0 atom stereocenters. The highest BCUT2D eigenvalue weighted by molar-refractivity contribution is 14.0. The van der Waals surface area contributed by atoms with Gasteiger partial charge >= 0.3 is 0 Å². The van der Waals surface area contributed by atoms with E-state index in [0.29, 0.717) is 6.54 Å². The molecule has 0 aliphatic carbocycles. The van der Waals surface area contributed by atoms with Crippen molar-refractivity contribution in [2.24, 2.45) is 4.99 Å². The minimum atomic E-state index is 0. The Morgan fingerprint density at radius 2 is 2.05 bits per heavy atom. The molecule has 1 aromatic carbocycles. The number of hydrogen-bond acceptors (Lipinski definition) is 2. The molecule has 0 aliphatic heterocycles. The first-order valence-electron chi connectivity index (χ1n) is 6.44. The van der Waals surface area contributed by atoms with E-state index in [0.717, 1.165) is 29.6 Å². The van der Waals surface area contributed by atoms with Gasteiger partial charge in [-0.1, -0.05) is 23.7 Å². The van der Waals surface area contributed by atoms with Gasteiger partial charge in [-0.25, -0.2) is 0 Å². The fraction of sp³-hybridized carbons (Fsp3) is 0.286. The quantitative estimate of drug-likeness (QED) is 0.445. The molecular weight excluding hydrogens is 401 g/mol. The van der Waals surface area contributed by atoms with Crippen molar-refractivity contribution in [3.05, 3.63) is 53.3 Å². The molecule has 5 nitrogen and oxygen atoms in total. The van der Waals surface area contributed by atoms with Crippen molar-refractivity contribution in [3.8, 4) is 0 Å². The van der Waals surface area contributed by atoms with E-state index in [9.17, 15) is 0 Å². The predicted octanol–water partition coefficient (Wildman–Crippen LogP) is 2.52. The molecule has 0 fully saturated rings. The van der Waals surface area contributed by atoms with Gasteiger partial charge < -0.3 is 10.6 Å². The Bertz CT molecular complexity index is 539. The number of aliphatic imine (C=N–C) groups is 1. The maximum atomic E-state index is 5.85. The van der Waals surface area contributed by atoms with Gasteiger partial charge in [0.05, 0.1) is 6.54 Å². The molecule has 2 rings (SSSR count). The zero-order chi connectivity index (χ0) is 14.2. The van der Waals surface area contributed by atoms with Gasteiger partial charge in [0.15, 0.2) is 5.96 Å². The molecule has 114 valence electrons. The molecule has 2 N–H and O–H groups in total. The smallest absolute Gasteiger partial charge is 0.191 e. The zero-order valence-electron chi connectivity index (χ0n) is 11.8. The Morgan fingerprint density at radius 1 is 1.29 bits per heavy atom. The number of nitrogens with zero attached hydrogens (tertiary/aromatic N) is 3. The summed E-state index contributed by atoms with van der Waals surface area (Å²) >= 11 is 5.85. The molecule has 0 aliphatic rings. The van der Waals surface area contributed by atoms with E-state index in [1.165, 1.54) is 0 Å². The number of halogens is 2. The molecule has 0 bridgehead atoms. The summed E-state index contributed by atoms with van der Waals surface area (Å²) in [4.78, 5) is 4.18. The summed E-state index contributed by atoms with van der Waals surface area (Å²) in [6, 6.07) is 9.66. The predicted molar refractivity (Wildman–Crippen MR) is 97.3 cm³/mol. The topological polar surface area (TPSA) is 54.2 Å². The molecule has 21 heavy (non-hydrogen) atoms. The summed E-state index contributed by atoms with van der Waals surface area (Å²) in [7, 11) is 1.76. The van der Waals surface area contributed by atoms with Crippen LogP contribution in [0.5, 0.6) is 0 Å². The monoisotopic (exact) mass is 419 g/mol. The second-order valence-corrected chi connectivity index (χ2v) is 4.68. The van der Waals surface area contributed by atoms with Crippen LogP contribution in [0.1, 0.15) is 5.56 Å². The average Bonchev–Trinajstić information content (AvgIpc) is 2.97. The Morgan fingerprint density at radius 3 is 2.67 bits per heavy atom. The van der Waals surface area contributed by atoms with E-state index in [-0.39, 0.29) is 24.0 Å². The Balaban J connectivity index is 0.00000220. The minimum Gasteiger partial charge on any atom is -0.355 e. The van der Waals surface area contributed by atoms with Crippen LogP contribution in [0.3, 0.4) is 0 Å². The highest BCUT2D eigenvalue weighted by atomic mass is 127. The fourth-order valence-electron chi connectivity index (χ4n) is 1.73. The third kappa shape index (κ3) is 6.34. The second-order valence-electron chi connectivity index (χ2n) is 4.25. The fourth-order valence-corrected chi connectivity index (χ4v) is 1.86. The van der Waals surface area contributed by atoms with E-state index < -0.39 is 0 Å². The number of nitrogens with one attached hydrogen (secondary N) is 2.